The summed E-state index contributed by atoms with van der Waals surface area (Å²) in [5.74, 6) is 1.52. The maximum atomic E-state index is 11.9. The Morgan fingerprint density at radius 1 is 1.00 bits per heavy atom. The molecule has 2 rings (SSSR count). The molecule has 0 bridgehead atoms. The Bertz CT molecular complexity index is 601. The molecule has 4 nitrogen and oxygen atoms in total. The van der Waals surface area contributed by atoms with Gasteiger partial charge in [0.05, 0.1) is 12.0 Å². The fraction of sp³-hybridized carbons (Fsp3) is 0.286. The van der Waals surface area contributed by atoms with Gasteiger partial charge in [-0.15, -0.1) is 0 Å². The molecule has 0 N–H and O–H groups in total. The van der Waals surface area contributed by atoms with Gasteiger partial charge in [0.25, 0.3) is 0 Å². The standard InChI is InChI=1S/C14H14O4/c1-8-4-5-14(18-8)13(16)7-12(15)11-6-9(2)17-10(11)3/h4-6H,7H2,1-3H3. The van der Waals surface area contributed by atoms with E-state index in [1.54, 1.807) is 39.0 Å². The van der Waals surface area contributed by atoms with Crippen LogP contribution in [0.2, 0.25) is 0 Å². The Morgan fingerprint density at radius 2 is 1.72 bits per heavy atom. The van der Waals surface area contributed by atoms with E-state index in [1.165, 1.54) is 0 Å². The Labute approximate surface area is 105 Å². The van der Waals surface area contributed by atoms with Crippen LogP contribution < -0.4 is 0 Å². The molecule has 0 aliphatic carbocycles. The van der Waals surface area contributed by atoms with Crippen molar-refractivity contribution in [2.45, 2.75) is 27.2 Å². The number of hydrogen-bond acceptors (Lipinski definition) is 4. The summed E-state index contributed by atoms with van der Waals surface area (Å²) >= 11 is 0. The van der Waals surface area contributed by atoms with E-state index < -0.39 is 0 Å². The van der Waals surface area contributed by atoms with E-state index in [9.17, 15) is 9.59 Å². The van der Waals surface area contributed by atoms with Crippen LogP contribution in [0.25, 0.3) is 0 Å². The highest BCUT2D eigenvalue weighted by molar-refractivity contribution is 6.12. The van der Waals surface area contributed by atoms with E-state index in [2.05, 4.69) is 0 Å². The lowest BCUT2D eigenvalue weighted by molar-refractivity contribution is 0.0876. The van der Waals surface area contributed by atoms with E-state index in [-0.39, 0.29) is 23.7 Å². The van der Waals surface area contributed by atoms with Crippen LogP contribution in [0.15, 0.2) is 27.0 Å². The highest BCUT2D eigenvalue weighted by atomic mass is 16.3. The van der Waals surface area contributed by atoms with Crippen molar-refractivity contribution in [2.24, 2.45) is 0 Å². The first-order chi connectivity index (χ1) is 8.47. The minimum absolute atomic E-state index is 0.202. The van der Waals surface area contributed by atoms with Crippen molar-refractivity contribution in [3.63, 3.8) is 0 Å². The van der Waals surface area contributed by atoms with Crippen molar-refractivity contribution in [1.29, 1.82) is 0 Å². The van der Waals surface area contributed by atoms with E-state index in [0.717, 1.165) is 0 Å². The molecule has 0 aliphatic rings. The number of furan rings is 2. The van der Waals surface area contributed by atoms with Gasteiger partial charge >= 0.3 is 0 Å². The Hall–Kier alpha value is -2.10. The summed E-state index contributed by atoms with van der Waals surface area (Å²) in [7, 11) is 0. The summed E-state index contributed by atoms with van der Waals surface area (Å²) in [5.41, 5.74) is 0.462. The van der Waals surface area contributed by atoms with E-state index in [0.29, 0.717) is 22.8 Å². The molecule has 0 aliphatic heterocycles. The first-order valence-corrected chi connectivity index (χ1v) is 5.67. The van der Waals surface area contributed by atoms with Gasteiger partial charge in [-0.05, 0) is 39.0 Å². The maximum absolute atomic E-state index is 11.9. The van der Waals surface area contributed by atoms with Gasteiger partial charge in [0.15, 0.2) is 11.5 Å². The zero-order chi connectivity index (χ0) is 13.3. The van der Waals surface area contributed by atoms with Crippen LogP contribution >= 0.6 is 0 Å². The van der Waals surface area contributed by atoms with Crippen LogP contribution in [0.1, 0.15) is 44.6 Å². The van der Waals surface area contributed by atoms with Crippen LogP contribution in [-0.2, 0) is 0 Å². The normalized spacial score (nSPS) is 10.6. The molecule has 0 saturated heterocycles. The van der Waals surface area contributed by atoms with Gasteiger partial charge in [-0.25, -0.2) is 0 Å². The van der Waals surface area contributed by atoms with Crippen LogP contribution in [0.5, 0.6) is 0 Å². The molecule has 0 atom stereocenters. The lowest BCUT2D eigenvalue weighted by Crippen LogP contribution is -2.08. The summed E-state index contributed by atoms with van der Waals surface area (Å²) < 4.78 is 10.5. The largest absolute Gasteiger partial charge is 0.466 e. The number of carbonyl (C=O) groups excluding carboxylic acids is 2. The molecule has 0 unspecified atom stereocenters. The number of ketones is 2. The number of carbonyl (C=O) groups is 2. The van der Waals surface area contributed by atoms with E-state index in [4.69, 9.17) is 8.83 Å². The van der Waals surface area contributed by atoms with Crippen molar-refractivity contribution >= 4 is 11.6 Å². The second kappa shape index (κ2) is 4.64. The average Bonchev–Trinajstić information content (AvgIpc) is 2.84. The fourth-order valence-corrected chi connectivity index (χ4v) is 1.82. The molecule has 0 spiro atoms. The van der Waals surface area contributed by atoms with Crippen molar-refractivity contribution in [1.82, 2.24) is 0 Å². The first-order valence-electron chi connectivity index (χ1n) is 5.67. The zero-order valence-corrected chi connectivity index (χ0v) is 10.6. The summed E-state index contributed by atoms with van der Waals surface area (Å²) in [6.07, 6.45) is -0.202. The van der Waals surface area contributed by atoms with Crippen LogP contribution in [0.3, 0.4) is 0 Å². The van der Waals surface area contributed by atoms with E-state index in [1.807, 2.05) is 0 Å². The number of aryl methyl sites for hydroxylation is 3. The summed E-state index contributed by atoms with van der Waals surface area (Å²) in [6, 6.07) is 4.93. The number of Topliss-reactive ketones (excluding diaryl/α,β-unsaturated/α-hetero) is 2. The zero-order valence-electron chi connectivity index (χ0n) is 10.6. The molecule has 0 saturated carbocycles. The van der Waals surface area contributed by atoms with Crippen LogP contribution in [-0.4, -0.2) is 11.6 Å². The average molecular weight is 246 g/mol. The second-order valence-corrected chi connectivity index (χ2v) is 4.26. The minimum Gasteiger partial charge on any atom is -0.466 e. The quantitative estimate of drug-likeness (QED) is 0.613. The van der Waals surface area contributed by atoms with Gasteiger partial charge in [-0.1, -0.05) is 0 Å². The number of hydrogen-bond donors (Lipinski definition) is 0. The highest BCUT2D eigenvalue weighted by Crippen LogP contribution is 2.17. The molecule has 2 heterocycles. The molecule has 2 aromatic heterocycles. The second-order valence-electron chi connectivity index (χ2n) is 4.26. The predicted octanol–water partition coefficient (Wildman–Crippen LogP) is 3.25. The molecule has 18 heavy (non-hydrogen) atoms. The van der Waals surface area contributed by atoms with Gasteiger partial charge < -0.3 is 8.83 Å². The molecule has 0 aromatic carbocycles. The highest BCUT2D eigenvalue weighted by Gasteiger charge is 2.19. The van der Waals surface area contributed by atoms with Gasteiger partial charge in [0.2, 0.25) is 5.78 Å². The molecule has 94 valence electrons. The van der Waals surface area contributed by atoms with Crippen molar-refractivity contribution in [3.05, 3.63) is 46.8 Å². The minimum atomic E-state index is -0.314. The summed E-state index contributed by atoms with van der Waals surface area (Å²) in [4.78, 5) is 23.8. The smallest absolute Gasteiger partial charge is 0.205 e. The van der Waals surface area contributed by atoms with Gasteiger partial charge in [-0.2, -0.15) is 0 Å². The number of rotatable bonds is 4. The van der Waals surface area contributed by atoms with Gasteiger partial charge in [0.1, 0.15) is 17.3 Å². The third kappa shape index (κ3) is 2.42. The Kier molecular flexibility index (Phi) is 3.19. The van der Waals surface area contributed by atoms with Crippen LogP contribution in [0.4, 0.5) is 0 Å². The van der Waals surface area contributed by atoms with Crippen molar-refractivity contribution < 1.29 is 18.4 Å². The molecule has 4 heteroatoms. The fourth-order valence-electron chi connectivity index (χ4n) is 1.82. The van der Waals surface area contributed by atoms with Gasteiger partial charge in [0, 0.05) is 0 Å². The molecule has 2 aromatic rings. The molecule has 0 fully saturated rings. The van der Waals surface area contributed by atoms with E-state index >= 15 is 0 Å². The van der Waals surface area contributed by atoms with Crippen LogP contribution in [0, 0.1) is 20.8 Å². The lowest BCUT2D eigenvalue weighted by Gasteiger charge is -1.97. The summed E-state index contributed by atoms with van der Waals surface area (Å²) in [5, 5.41) is 0. The molecule has 0 radical (unpaired) electrons. The van der Waals surface area contributed by atoms with Crippen molar-refractivity contribution in [2.75, 3.05) is 0 Å². The SMILES string of the molecule is Cc1ccc(C(=O)CC(=O)c2cc(C)oc2C)o1. The molecular weight excluding hydrogens is 232 g/mol. The monoisotopic (exact) mass is 246 g/mol. The maximum Gasteiger partial charge on any atom is 0.205 e. The Balaban J connectivity index is 2.13. The Morgan fingerprint density at radius 3 is 2.22 bits per heavy atom. The molecule has 0 amide bonds. The third-order valence-corrected chi connectivity index (χ3v) is 2.68. The molecular formula is C14H14O4. The third-order valence-electron chi connectivity index (χ3n) is 2.68. The van der Waals surface area contributed by atoms with Gasteiger partial charge in [-0.3, -0.25) is 9.59 Å². The first kappa shape index (κ1) is 12.4. The summed E-state index contributed by atoms with van der Waals surface area (Å²) in [6.45, 7) is 5.23. The topological polar surface area (TPSA) is 60.4 Å². The van der Waals surface area contributed by atoms with Crippen molar-refractivity contribution in [3.8, 4) is 0 Å². The predicted molar refractivity (Wildman–Crippen MR) is 64.9 cm³/mol. The lowest BCUT2D eigenvalue weighted by atomic mass is 10.1.